The van der Waals surface area contributed by atoms with Gasteiger partial charge < -0.3 is 10.1 Å². The number of nitrogens with zero attached hydrogens (tertiary/aromatic N) is 1. The molecule has 0 saturated heterocycles. The molecule has 2 N–H and O–H groups in total. The number of ether oxygens (including phenoxy) is 1. The topological polar surface area (TPSA) is 97.4 Å². The number of carbonyl (C=O) groups excluding carboxylic acids is 1. The number of amides is 1. The van der Waals surface area contributed by atoms with Gasteiger partial charge in [-0.2, -0.15) is 0 Å². The number of benzene rings is 1. The zero-order valence-electron chi connectivity index (χ0n) is 14.2. The monoisotopic (exact) mass is 363 g/mol. The van der Waals surface area contributed by atoms with Crippen LogP contribution in [-0.2, 0) is 21.3 Å². The van der Waals surface area contributed by atoms with Crippen LogP contribution in [0.5, 0.6) is 0 Å². The quantitative estimate of drug-likeness (QED) is 0.688. The van der Waals surface area contributed by atoms with Crippen molar-refractivity contribution in [3.05, 3.63) is 59.4 Å². The Hall–Kier alpha value is -2.29. The summed E-state index contributed by atoms with van der Waals surface area (Å²) in [7, 11) is -2.20. The molecule has 0 radical (unpaired) electrons. The van der Waals surface area contributed by atoms with Crippen molar-refractivity contribution in [3.8, 4) is 0 Å². The molecule has 1 aromatic carbocycles. The molecule has 134 valence electrons. The number of aryl methyl sites for hydroxylation is 1. The molecular weight excluding hydrogens is 342 g/mol. The molecule has 2 aromatic rings. The fourth-order valence-corrected chi connectivity index (χ4v) is 3.19. The molecule has 1 amide bonds. The Balaban J connectivity index is 2.13. The third-order valence-electron chi connectivity index (χ3n) is 3.54. The number of nitrogens with one attached hydrogen (secondary N) is 2. The van der Waals surface area contributed by atoms with Gasteiger partial charge in [-0.05, 0) is 36.2 Å². The van der Waals surface area contributed by atoms with Gasteiger partial charge in [-0.3, -0.25) is 9.78 Å². The first-order valence-electron chi connectivity index (χ1n) is 7.70. The van der Waals surface area contributed by atoms with E-state index in [4.69, 9.17) is 4.74 Å². The molecule has 1 aromatic heterocycles. The highest BCUT2D eigenvalue weighted by Crippen LogP contribution is 2.16. The van der Waals surface area contributed by atoms with Gasteiger partial charge in [0.25, 0.3) is 5.91 Å². The predicted molar refractivity (Wildman–Crippen MR) is 93.7 cm³/mol. The summed E-state index contributed by atoms with van der Waals surface area (Å²) in [5.74, 6) is -0.338. The summed E-state index contributed by atoms with van der Waals surface area (Å²) >= 11 is 0. The number of pyridine rings is 1. The summed E-state index contributed by atoms with van der Waals surface area (Å²) in [6.07, 6.45) is 3.31. The van der Waals surface area contributed by atoms with Crippen LogP contribution in [0.1, 0.15) is 21.5 Å². The Morgan fingerprint density at radius 1 is 1.28 bits per heavy atom. The van der Waals surface area contributed by atoms with Crippen molar-refractivity contribution in [1.82, 2.24) is 15.0 Å². The summed E-state index contributed by atoms with van der Waals surface area (Å²) < 4.78 is 31.8. The van der Waals surface area contributed by atoms with Gasteiger partial charge in [0.1, 0.15) is 0 Å². The lowest BCUT2D eigenvalue weighted by Gasteiger charge is -2.11. The van der Waals surface area contributed by atoms with Crippen molar-refractivity contribution < 1.29 is 17.9 Å². The molecule has 0 spiro atoms. The number of methoxy groups -OCH3 is 1. The third kappa shape index (κ3) is 5.35. The lowest BCUT2D eigenvalue weighted by Crippen LogP contribution is -2.28. The Morgan fingerprint density at radius 2 is 2.08 bits per heavy atom. The molecular formula is C17H21N3O4S. The van der Waals surface area contributed by atoms with Crippen molar-refractivity contribution in [1.29, 1.82) is 0 Å². The highest BCUT2D eigenvalue weighted by molar-refractivity contribution is 7.89. The molecule has 0 aliphatic carbocycles. The molecule has 0 aliphatic heterocycles. The molecule has 0 aliphatic rings. The van der Waals surface area contributed by atoms with E-state index in [1.807, 2.05) is 6.07 Å². The van der Waals surface area contributed by atoms with E-state index in [0.717, 1.165) is 5.56 Å². The highest BCUT2D eigenvalue weighted by atomic mass is 32.2. The first-order chi connectivity index (χ1) is 11.9. The van der Waals surface area contributed by atoms with Gasteiger partial charge >= 0.3 is 0 Å². The van der Waals surface area contributed by atoms with E-state index < -0.39 is 10.0 Å². The van der Waals surface area contributed by atoms with Crippen molar-refractivity contribution >= 4 is 15.9 Å². The average molecular weight is 363 g/mol. The van der Waals surface area contributed by atoms with Crippen LogP contribution >= 0.6 is 0 Å². The third-order valence-corrected chi connectivity index (χ3v) is 5.00. The van der Waals surface area contributed by atoms with Crippen molar-refractivity contribution in [2.75, 3.05) is 20.3 Å². The minimum Gasteiger partial charge on any atom is -0.383 e. The molecule has 2 rings (SSSR count). The lowest BCUT2D eigenvalue weighted by molar-refractivity contribution is 0.0950. The van der Waals surface area contributed by atoms with Crippen LogP contribution < -0.4 is 10.0 Å². The molecule has 7 nitrogen and oxygen atoms in total. The summed E-state index contributed by atoms with van der Waals surface area (Å²) in [5.41, 5.74) is 1.87. The zero-order valence-corrected chi connectivity index (χ0v) is 15.0. The molecule has 8 heteroatoms. The van der Waals surface area contributed by atoms with Crippen LogP contribution in [0.3, 0.4) is 0 Å². The molecule has 1 heterocycles. The maximum atomic E-state index is 12.4. The second-order valence-corrected chi connectivity index (χ2v) is 7.18. The molecule has 0 bridgehead atoms. The Bertz CT molecular complexity index is 823. The number of hydrogen-bond donors (Lipinski definition) is 2. The maximum Gasteiger partial charge on any atom is 0.251 e. The molecule has 0 unspecified atom stereocenters. The van der Waals surface area contributed by atoms with Gasteiger partial charge in [-0.15, -0.1) is 0 Å². The normalized spacial score (nSPS) is 11.3. The van der Waals surface area contributed by atoms with Crippen LogP contribution in [0.4, 0.5) is 0 Å². The Morgan fingerprint density at radius 3 is 2.76 bits per heavy atom. The van der Waals surface area contributed by atoms with Crippen LogP contribution in [0.2, 0.25) is 0 Å². The van der Waals surface area contributed by atoms with E-state index in [1.165, 1.54) is 19.2 Å². The summed E-state index contributed by atoms with van der Waals surface area (Å²) in [6.45, 7) is 2.50. The molecule has 0 atom stereocenters. The minimum atomic E-state index is -3.69. The van der Waals surface area contributed by atoms with Gasteiger partial charge in [0.2, 0.25) is 10.0 Å². The van der Waals surface area contributed by atoms with Crippen LogP contribution in [0.15, 0.2) is 47.6 Å². The SMILES string of the molecule is COCCNS(=O)(=O)c1ccc(C)c(C(=O)NCc2cccnc2)c1. The van der Waals surface area contributed by atoms with Crippen LogP contribution in [0.25, 0.3) is 0 Å². The largest absolute Gasteiger partial charge is 0.383 e. The Kier molecular flexibility index (Phi) is 6.63. The maximum absolute atomic E-state index is 12.4. The van der Waals surface area contributed by atoms with E-state index in [0.29, 0.717) is 17.7 Å². The van der Waals surface area contributed by atoms with Crippen molar-refractivity contribution in [2.24, 2.45) is 0 Å². The number of hydrogen-bond acceptors (Lipinski definition) is 5. The van der Waals surface area contributed by atoms with Gasteiger partial charge in [-0.1, -0.05) is 12.1 Å². The first kappa shape index (κ1) is 19.0. The van der Waals surface area contributed by atoms with Gasteiger partial charge in [0, 0.05) is 38.2 Å². The number of aromatic nitrogens is 1. The number of rotatable bonds is 8. The first-order valence-corrected chi connectivity index (χ1v) is 9.18. The number of carbonyl (C=O) groups is 1. The van der Waals surface area contributed by atoms with Gasteiger partial charge in [-0.25, -0.2) is 13.1 Å². The van der Waals surface area contributed by atoms with Gasteiger partial charge in [0.05, 0.1) is 11.5 Å². The molecule has 0 saturated carbocycles. The standard InChI is InChI=1S/C17H21N3O4S/c1-13-5-6-15(25(22,23)20-8-9-24-2)10-16(13)17(21)19-12-14-4-3-7-18-11-14/h3-7,10-11,20H,8-9,12H2,1-2H3,(H,19,21). The van der Waals surface area contributed by atoms with Crippen molar-refractivity contribution in [3.63, 3.8) is 0 Å². The Labute approximate surface area is 147 Å². The average Bonchev–Trinajstić information content (AvgIpc) is 2.61. The minimum absolute atomic E-state index is 0.0423. The van der Waals surface area contributed by atoms with E-state index in [-0.39, 0.29) is 24.0 Å². The second kappa shape index (κ2) is 8.70. The van der Waals surface area contributed by atoms with E-state index in [1.54, 1.807) is 31.5 Å². The zero-order chi connectivity index (χ0) is 18.3. The lowest BCUT2D eigenvalue weighted by atomic mass is 10.1. The summed E-state index contributed by atoms with van der Waals surface area (Å²) in [6, 6.07) is 8.10. The van der Waals surface area contributed by atoms with E-state index >= 15 is 0 Å². The summed E-state index contributed by atoms with van der Waals surface area (Å²) in [5, 5.41) is 2.77. The molecule has 0 fully saturated rings. The van der Waals surface area contributed by atoms with Crippen molar-refractivity contribution in [2.45, 2.75) is 18.4 Å². The fraction of sp³-hybridized carbons (Fsp3) is 0.294. The number of sulfonamides is 1. The molecule has 25 heavy (non-hydrogen) atoms. The highest BCUT2D eigenvalue weighted by Gasteiger charge is 2.17. The van der Waals surface area contributed by atoms with Crippen LogP contribution in [-0.4, -0.2) is 39.6 Å². The van der Waals surface area contributed by atoms with Crippen LogP contribution in [0, 0.1) is 6.92 Å². The smallest absolute Gasteiger partial charge is 0.251 e. The predicted octanol–water partition coefficient (Wildman–Crippen LogP) is 1.24. The second-order valence-electron chi connectivity index (χ2n) is 5.41. The van der Waals surface area contributed by atoms with E-state index in [9.17, 15) is 13.2 Å². The van der Waals surface area contributed by atoms with E-state index in [2.05, 4.69) is 15.0 Å². The van der Waals surface area contributed by atoms with Gasteiger partial charge in [0.15, 0.2) is 0 Å². The summed E-state index contributed by atoms with van der Waals surface area (Å²) in [4.78, 5) is 16.4. The fourth-order valence-electron chi connectivity index (χ4n) is 2.15.